The Kier molecular flexibility index (Phi) is 7.25. The van der Waals surface area contributed by atoms with Crippen LogP contribution in [0.25, 0.3) is 0 Å². The van der Waals surface area contributed by atoms with Crippen molar-refractivity contribution >= 4 is 17.6 Å². The summed E-state index contributed by atoms with van der Waals surface area (Å²) in [5.74, 6) is -2.51. The molecule has 2 aromatic carbocycles. The summed E-state index contributed by atoms with van der Waals surface area (Å²) in [6.45, 7) is 6.97. The lowest BCUT2D eigenvalue weighted by molar-refractivity contribution is -0.134. The molecule has 1 atom stereocenters. The second-order valence-corrected chi connectivity index (χ2v) is 7.52. The maximum atomic E-state index is 9.55. The summed E-state index contributed by atoms with van der Waals surface area (Å²) in [5.41, 5.74) is 5.95. The standard InChI is InChI=1S/C20H24N2.C4H4O4/c1-2-11-21-12-13-22-19-10-6-4-8-17(19)14-16-7-3-5-9-18(16)20(22)15-21;5-3(6)1-2-4(7)8/h3-10,20H,2,11-15H2,1H3;1-2H,(H,5,6)(H,7,8)/b;2-1-. The number of benzene rings is 2. The number of carboxylic acids is 2. The molecule has 0 bridgehead atoms. The first-order valence-corrected chi connectivity index (χ1v) is 10.3. The first kappa shape index (κ1) is 21.6. The summed E-state index contributed by atoms with van der Waals surface area (Å²) < 4.78 is 0. The highest BCUT2D eigenvalue weighted by Crippen LogP contribution is 2.38. The summed E-state index contributed by atoms with van der Waals surface area (Å²) >= 11 is 0. The van der Waals surface area contributed by atoms with Gasteiger partial charge < -0.3 is 15.1 Å². The predicted octanol–water partition coefficient (Wildman–Crippen LogP) is 3.58. The highest BCUT2D eigenvalue weighted by Gasteiger charge is 2.32. The lowest BCUT2D eigenvalue weighted by atomic mass is 9.96. The van der Waals surface area contributed by atoms with Crippen LogP contribution in [0.3, 0.4) is 0 Å². The normalized spacial score (nSPS) is 17.8. The zero-order valence-corrected chi connectivity index (χ0v) is 17.2. The van der Waals surface area contributed by atoms with Crippen LogP contribution in [0.15, 0.2) is 60.7 Å². The minimum absolute atomic E-state index is 0.500. The van der Waals surface area contributed by atoms with Crippen LogP contribution >= 0.6 is 0 Å². The van der Waals surface area contributed by atoms with Crippen molar-refractivity contribution in [2.75, 3.05) is 31.1 Å². The van der Waals surface area contributed by atoms with E-state index in [1.807, 2.05) is 0 Å². The van der Waals surface area contributed by atoms with Crippen LogP contribution in [0, 0.1) is 0 Å². The minimum atomic E-state index is -1.26. The Hall–Kier alpha value is -3.12. The van der Waals surface area contributed by atoms with E-state index in [0.717, 1.165) is 19.5 Å². The van der Waals surface area contributed by atoms with Gasteiger partial charge >= 0.3 is 11.9 Å². The molecule has 2 aliphatic rings. The fourth-order valence-corrected chi connectivity index (χ4v) is 4.22. The van der Waals surface area contributed by atoms with E-state index in [1.54, 1.807) is 0 Å². The topological polar surface area (TPSA) is 81.1 Å². The molecule has 6 heteroatoms. The number of anilines is 1. The molecule has 2 aliphatic heterocycles. The van der Waals surface area contributed by atoms with Gasteiger partial charge in [0.25, 0.3) is 0 Å². The molecule has 0 amide bonds. The van der Waals surface area contributed by atoms with Gasteiger partial charge in [-0.15, -0.1) is 0 Å². The number of hydrogen-bond donors (Lipinski definition) is 2. The highest BCUT2D eigenvalue weighted by atomic mass is 16.4. The van der Waals surface area contributed by atoms with E-state index in [-0.39, 0.29) is 0 Å². The molecule has 2 N–H and O–H groups in total. The number of carboxylic acid groups (broad SMARTS) is 2. The van der Waals surface area contributed by atoms with E-state index in [2.05, 4.69) is 65.3 Å². The van der Waals surface area contributed by atoms with Crippen molar-refractivity contribution in [2.45, 2.75) is 25.8 Å². The van der Waals surface area contributed by atoms with E-state index in [0.29, 0.717) is 18.2 Å². The monoisotopic (exact) mass is 408 g/mol. The molecule has 0 aliphatic carbocycles. The third kappa shape index (κ3) is 5.27. The lowest BCUT2D eigenvalue weighted by Gasteiger charge is -2.43. The fraction of sp³-hybridized carbons (Fsp3) is 0.333. The van der Waals surface area contributed by atoms with Crippen LogP contribution in [0.2, 0.25) is 0 Å². The number of para-hydroxylation sites is 1. The molecule has 1 unspecified atom stereocenters. The third-order valence-corrected chi connectivity index (χ3v) is 5.47. The molecule has 1 saturated heterocycles. The van der Waals surface area contributed by atoms with E-state index >= 15 is 0 Å². The predicted molar refractivity (Wildman–Crippen MR) is 117 cm³/mol. The Labute approximate surface area is 177 Å². The Morgan fingerprint density at radius 3 is 2.27 bits per heavy atom. The first-order chi connectivity index (χ1) is 14.5. The molecule has 0 radical (unpaired) electrons. The van der Waals surface area contributed by atoms with Crippen molar-refractivity contribution in [3.05, 3.63) is 77.4 Å². The Morgan fingerprint density at radius 2 is 1.60 bits per heavy atom. The fourth-order valence-electron chi connectivity index (χ4n) is 4.22. The number of rotatable bonds is 4. The quantitative estimate of drug-likeness (QED) is 0.753. The number of fused-ring (bicyclic) bond motifs is 5. The largest absolute Gasteiger partial charge is 0.478 e. The summed E-state index contributed by atoms with van der Waals surface area (Å²) in [7, 11) is 0. The smallest absolute Gasteiger partial charge is 0.328 e. The number of carbonyl (C=O) groups is 2. The third-order valence-electron chi connectivity index (χ3n) is 5.47. The van der Waals surface area contributed by atoms with Crippen molar-refractivity contribution in [1.29, 1.82) is 0 Å². The molecule has 158 valence electrons. The van der Waals surface area contributed by atoms with Crippen molar-refractivity contribution in [1.82, 2.24) is 4.90 Å². The van der Waals surface area contributed by atoms with Gasteiger partial charge in [0.1, 0.15) is 0 Å². The molecule has 30 heavy (non-hydrogen) atoms. The van der Waals surface area contributed by atoms with Crippen molar-refractivity contribution in [3.63, 3.8) is 0 Å². The van der Waals surface area contributed by atoms with Crippen molar-refractivity contribution < 1.29 is 19.8 Å². The van der Waals surface area contributed by atoms with Crippen LogP contribution in [0.4, 0.5) is 5.69 Å². The van der Waals surface area contributed by atoms with Crippen LogP contribution in [0.1, 0.15) is 36.1 Å². The summed E-state index contributed by atoms with van der Waals surface area (Å²) in [5, 5.41) is 15.6. The maximum Gasteiger partial charge on any atom is 0.328 e. The van der Waals surface area contributed by atoms with Gasteiger partial charge in [-0.1, -0.05) is 49.4 Å². The van der Waals surface area contributed by atoms with E-state index in [1.165, 1.54) is 41.9 Å². The Balaban J connectivity index is 0.000000275. The average Bonchev–Trinajstić information content (AvgIpc) is 2.87. The van der Waals surface area contributed by atoms with Crippen molar-refractivity contribution in [2.24, 2.45) is 0 Å². The van der Waals surface area contributed by atoms with Gasteiger partial charge in [0.2, 0.25) is 0 Å². The molecule has 6 nitrogen and oxygen atoms in total. The molecule has 2 aromatic rings. The van der Waals surface area contributed by atoms with Gasteiger partial charge in [0.15, 0.2) is 0 Å². The van der Waals surface area contributed by atoms with Gasteiger partial charge in [0.05, 0.1) is 6.04 Å². The molecular formula is C24H28N2O4. The van der Waals surface area contributed by atoms with Gasteiger partial charge in [-0.3, -0.25) is 4.90 Å². The van der Waals surface area contributed by atoms with Crippen LogP contribution in [0.5, 0.6) is 0 Å². The summed E-state index contributed by atoms with van der Waals surface area (Å²) in [6, 6.07) is 18.5. The molecule has 1 fully saturated rings. The van der Waals surface area contributed by atoms with Crippen molar-refractivity contribution in [3.8, 4) is 0 Å². The van der Waals surface area contributed by atoms with Crippen LogP contribution in [-0.2, 0) is 16.0 Å². The second kappa shape index (κ2) is 10.1. The van der Waals surface area contributed by atoms with Crippen LogP contribution in [-0.4, -0.2) is 53.2 Å². The summed E-state index contributed by atoms with van der Waals surface area (Å²) in [6.07, 6.45) is 3.42. The van der Waals surface area contributed by atoms with Crippen LogP contribution < -0.4 is 4.90 Å². The van der Waals surface area contributed by atoms with Gasteiger partial charge in [0, 0.05) is 37.5 Å². The Morgan fingerprint density at radius 1 is 0.967 bits per heavy atom. The lowest BCUT2D eigenvalue weighted by Crippen LogP contribution is -2.48. The number of aliphatic carboxylic acids is 2. The molecule has 4 rings (SSSR count). The maximum absolute atomic E-state index is 9.55. The zero-order valence-electron chi connectivity index (χ0n) is 17.2. The number of nitrogens with zero attached hydrogens (tertiary/aromatic N) is 2. The zero-order chi connectivity index (χ0) is 21.5. The summed E-state index contributed by atoms with van der Waals surface area (Å²) in [4.78, 5) is 24.4. The van der Waals surface area contributed by atoms with Gasteiger partial charge in [-0.25, -0.2) is 9.59 Å². The molecule has 2 heterocycles. The first-order valence-electron chi connectivity index (χ1n) is 10.3. The van der Waals surface area contributed by atoms with Gasteiger partial charge in [-0.05, 0) is 42.1 Å². The SMILES string of the molecule is CCCN1CCN2c3ccccc3Cc3ccccc3C2C1.O=C(O)/C=C\C(=O)O. The highest BCUT2D eigenvalue weighted by molar-refractivity contribution is 5.89. The minimum Gasteiger partial charge on any atom is -0.478 e. The molecule has 0 spiro atoms. The van der Waals surface area contributed by atoms with Gasteiger partial charge in [-0.2, -0.15) is 0 Å². The number of hydrogen-bond acceptors (Lipinski definition) is 4. The molecule has 0 saturated carbocycles. The van der Waals surface area contributed by atoms with E-state index < -0.39 is 11.9 Å². The Bertz CT molecular complexity index is 909. The molecular weight excluding hydrogens is 380 g/mol. The van der Waals surface area contributed by atoms with E-state index in [9.17, 15) is 9.59 Å². The number of piperazine rings is 1. The van der Waals surface area contributed by atoms with E-state index in [4.69, 9.17) is 10.2 Å². The molecule has 0 aromatic heterocycles. The average molecular weight is 408 g/mol. The second-order valence-electron chi connectivity index (χ2n) is 7.52.